The Kier molecular flexibility index (Phi) is 3.77. The molecule has 0 atom stereocenters. The molecule has 0 fully saturated rings. The van der Waals surface area contributed by atoms with Crippen LogP contribution in [0.25, 0.3) is 0 Å². The van der Waals surface area contributed by atoms with Gasteiger partial charge in [-0.05, 0) is 0 Å². The van der Waals surface area contributed by atoms with Gasteiger partial charge in [0.2, 0.25) is 0 Å². The Morgan fingerprint density at radius 2 is 2.00 bits per heavy atom. The maximum atomic E-state index is 10.1. The Balaban J connectivity index is 2.42. The molecular formula is C8H10NO2Se. The van der Waals surface area contributed by atoms with E-state index in [1.807, 2.05) is 0 Å². The summed E-state index contributed by atoms with van der Waals surface area (Å²) in [6.07, 6.45) is 0. The van der Waals surface area contributed by atoms with Crippen LogP contribution >= 0.6 is 0 Å². The average Bonchev–Trinajstić information content (AvgIpc) is 2.09. The molecule has 1 rings (SSSR count). The Hall–Kier alpha value is -0.861. The van der Waals surface area contributed by atoms with Gasteiger partial charge in [-0.15, -0.1) is 0 Å². The first-order valence-corrected chi connectivity index (χ1v) is 5.47. The minimum absolute atomic E-state index is 0.507. The van der Waals surface area contributed by atoms with Crippen LogP contribution in [-0.4, -0.2) is 21.5 Å². The number of ether oxygens (including phenoxy) is 1. The molecule has 0 aliphatic heterocycles. The molecule has 1 radical (unpaired) electrons. The molecule has 0 aromatic heterocycles. The topological polar surface area (TPSA) is 52.3 Å². The molecule has 65 valence electrons. The number of anilines is 1. The maximum absolute atomic E-state index is 10.1. The number of nitrogens with two attached hydrogens (primary N) is 1. The predicted molar refractivity (Wildman–Crippen MR) is 47.6 cm³/mol. The Bertz CT molecular complexity index is 248. The Morgan fingerprint density at radius 1 is 1.33 bits per heavy atom. The van der Waals surface area contributed by atoms with E-state index in [2.05, 4.69) is 0 Å². The molecule has 0 spiro atoms. The van der Waals surface area contributed by atoms with Crippen LogP contribution in [-0.2, 0) is 3.83 Å². The van der Waals surface area contributed by atoms with Crippen LogP contribution < -0.4 is 10.5 Å². The number of rotatable bonds is 4. The Morgan fingerprint density at radius 3 is 2.58 bits per heavy atom. The first-order valence-electron chi connectivity index (χ1n) is 3.56. The molecule has 0 unspecified atom stereocenters. The fourth-order valence-corrected chi connectivity index (χ4v) is 1.08. The zero-order chi connectivity index (χ0) is 8.81. The quantitative estimate of drug-likeness (QED) is 0.480. The van der Waals surface area contributed by atoms with Crippen molar-refractivity contribution >= 4 is 20.6 Å². The van der Waals surface area contributed by atoms with E-state index in [0.29, 0.717) is 11.9 Å². The standard InChI is InChI=1S/C8H10NO2Se/c9-7-1-3-8(4-2-7)11-5-6-12-10/h1-4H,5-6,9H2. The summed E-state index contributed by atoms with van der Waals surface area (Å²) in [5, 5.41) is 0.609. The zero-order valence-corrected chi connectivity index (χ0v) is 8.24. The van der Waals surface area contributed by atoms with E-state index in [9.17, 15) is 3.83 Å². The van der Waals surface area contributed by atoms with Crippen LogP contribution in [0.3, 0.4) is 0 Å². The van der Waals surface area contributed by atoms with Crippen molar-refractivity contribution in [2.75, 3.05) is 12.3 Å². The van der Waals surface area contributed by atoms with Crippen LogP contribution in [0.2, 0.25) is 5.32 Å². The molecule has 0 aliphatic rings. The molecule has 0 heterocycles. The minimum atomic E-state index is -0.548. The summed E-state index contributed by atoms with van der Waals surface area (Å²) < 4.78 is 15.4. The fraction of sp³-hybridized carbons (Fsp3) is 0.250. The average molecular weight is 231 g/mol. The van der Waals surface area contributed by atoms with Crippen molar-refractivity contribution in [1.82, 2.24) is 0 Å². The summed E-state index contributed by atoms with van der Waals surface area (Å²) in [5.41, 5.74) is 6.20. The SMILES string of the molecule is Nc1ccc(OCC[Se]=O)cc1. The fourth-order valence-electron chi connectivity index (χ4n) is 0.758. The van der Waals surface area contributed by atoms with Crippen molar-refractivity contribution in [3.05, 3.63) is 24.3 Å². The second-order valence-corrected chi connectivity index (χ2v) is 3.59. The summed E-state index contributed by atoms with van der Waals surface area (Å²) in [4.78, 5) is 0. The van der Waals surface area contributed by atoms with Gasteiger partial charge in [-0.1, -0.05) is 0 Å². The molecule has 4 heteroatoms. The van der Waals surface area contributed by atoms with E-state index in [1.54, 1.807) is 24.3 Å². The zero-order valence-electron chi connectivity index (χ0n) is 6.53. The first kappa shape index (κ1) is 9.23. The Labute approximate surface area is 77.3 Å². The van der Waals surface area contributed by atoms with Crippen molar-refractivity contribution in [2.45, 2.75) is 5.32 Å². The van der Waals surface area contributed by atoms with E-state index in [1.165, 1.54) is 0 Å². The first-order chi connectivity index (χ1) is 5.83. The van der Waals surface area contributed by atoms with Crippen molar-refractivity contribution in [3.8, 4) is 5.75 Å². The molecular weight excluding hydrogens is 221 g/mol. The van der Waals surface area contributed by atoms with Gasteiger partial charge in [-0.3, -0.25) is 0 Å². The molecule has 1 aromatic carbocycles. The van der Waals surface area contributed by atoms with E-state index in [-0.39, 0.29) is 0 Å². The summed E-state index contributed by atoms with van der Waals surface area (Å²) in [6.45, 7) is 0.507. The molecule has 0 aliphatic carbocycles. The van der Waals surface area contributed by atoms with Gasteiger partial charge in [0.25, 0.3) is 0 Å². The van der Waals surface area contributed by atoms with E-state index in [0.717, 1.165) is 11.4 Å². The van der Waals surface area contributed by atoms with Gasteiger partial charge in [0.15, 0.2) is 0 Å². The van der Waals surface area contributed by atoms with Crippen LogP contribution in [0.5, 0.6) is 5.75 Å². The molecule has 0 bridgehead atoms. The van der Waals surface area contributed by atoms with Gasteiger partial charge in [-0.25, -0.2) is 0 Å². The van der Waals surface area contributed by atoms with Crippen LogP contribution in [0.15, 0.2) is 24.3 Å². The van der Waals surface area contributed by atoms with Gasteiger partial charge in [0, 0.05) is 0 Å². The molecule has 0 saturated heterocycles. The van der Waals surface area contributed by atoms with Crippen molar-refractivity contribution in [1.29, 1.82) is 0 Å². The predicted octanol–water partition coefficient (Wildman–Crippen LogP) is 1.12. The van der Waals surface area contributed by atoms with Crippen molar-refractivity contribution in [3.63, 3.8) is 0 Å². The van der Waals surface area contributed by atoms with E-state index < -0.39 is 14.9 Å². The number of nitrogen functional groups attached to an aromatic ring is 1. The van der Waals surface area contributed by atoms with Crippen LogP contribution in [0.4, 0.5) is 5.69 Å². The third kappa shape index (κ3) is 3.03. The van der Waals surface area contributed by atoms with Gasteiger partial charge in [0.05, 0.1) is 0 Å². The number of hydrogen-bond acceptors (Lipinski definition) is 3. The summed E-state index contributed by atoms with van der Waals surface area (Å²) in [7, 11) is 0. The molecule has 1 aromatic rings. The summed E-state index contributed by atoms with van der Waals surface area (Å²) >= 11 is -0.548. The third-order valence-electron chi connectivity index (χ3n) is 1.32. The second-order valence-electron chi connectivity index (χ2n) is 2.24. The van der Waals surface area contributed by atoms with Gasteiger partial charge in [-0.2, -0.15) is 0 Å². The molecule has 0 amide bonds. The van der Waals surface area contributed by atoms with E-state index >= 15 is 0 Å². The number of benzene rings is 1. The van der Waals surface area contributed by atoms with Gasteiger partial charge >= 0.3 is 76.8 Å². The van der Waals surface area contributed by atoms with Crippen molar-refractivity contribution in [2.24, 2.45) is 0 Å². The van der Waals surface area contributed by atoms with Gasteiger partial charge < -0.3 is 0 Å². The molecule has 3 nitrogen and oxygen atoms in total. The number of hydrogen-bond donors (Lipinski definition) is 1. The third-order valence-corrected chi connectivity index (χ3v) is 2.01. The molecule has 2 N–H and O–H groups in total. The van der Waals surface area contributed by atoms with Gasteiger partial charge in [0.1, 0.15) is 0 Å². The molecule has 12 heavy (non-hydrogen) atoms. The van der Waals surface area contributed by atoms with Crippen molar-refractivity contribution < 1.29 is 8.57 Å². The normalized spacial score (nSPS) is 9.33. The second kappa shape index (κ2) is 4.91. The van der Waals surface area contributed by atoms with E-state index in [4.69, 9.17) is 10.5 Å². The summed E-state index contributed by atoms with van der Waals surface area (Å²) in [6, 6.07) is 7.15. The summed E-state index contributed by atoms with van der Waals surface area (Å²) in [5.74, 6) is 0.772. The van der Waals surface area contributed by atoms with Crippen LogP contribution in [0.1, 0.15) is 0 Å². The van der Waals surface area contributed by atoms with Crippen LogP contribution in [0, 0.1) is 0 Å². The molecule has 0 saturated carbocycles. The monoisotopic (exact) mass is 232 g/mol.